The van der Waals surface area contributed by atoms with Crippen molar-refractivity contribution in [3.05, 3.63) is 52.9 Å². The van der Waals surface area contributed by atoms with E-state index in [9.17, 15) is 0 Å². The van der Waals surface area contributed by atoms with Gasteiger partial charge in [-0.2, -0.15) is 0 Å². The Kier molecular flexibility index (Phi) is 5.18. The summed E-state index contributed by atoms with van der Waals surface area (Å²) in [6.45, 7) is 9.39. The number of hydrogen-bond acceptors (Lipinski definition) is 3. The lowest BCUT2D eigenvalue weighted by atomic mass is 10.0. The fourth-order valence-corrected chi connectivity index (χ4v) is 2.72. The zero-order valence-electron chi connectivity index (χ0n) is 13.0. The van der Waals surface area contributed by atoms with Crippen molar-refractivity contribution in [2.45, 2.75) is 46.2 Å². The quantitative estimate of drug-likeness (QED) is 0.752. The van der Waals surface area contributed by atoms with Crippen molar-refractivity contribution in [3.8, 4) is 0 Å². The number of halogens is 1. The van der Waals surface area contributed by atoms with E-state index in [0.717, 1.165) is 17.9 Å². The van der Waals surface area contributed by atoms with Gasteiger partial charge >= 0.3 is 0 Å². The summed E-state index contributed by atoms with van der Waals surface area (Å²) in [7, 11) is 0. The van der Waals surface area contributed by atoms with E-state index in [4.69, 9.17) is 11.6 Å². The molecule has 1 aromatic carbocycles. The Morgan fingerprint density at radius 1 is 1.05 bits per heavy atom. The van der Waals surface area contributed by atoms with Gasteiger partial charge in [0.25, 0.3) is 0 Å². The lowest BCUT2D eigenvalue weighted by molar-refractivity contribution is 0.660. The third-order valence-electron chi connectivity index (χ3n) is 3.48. The van der Waals surface area contributed by atoms with Gasteiger partial charge in [-0.25, -0.2) is 9.97 Å². The van der Waals surface area contributed by atoms with Crippen LogP contribution >= 0.6 is 11.6 Å². The Morgan fingerprint density at radius 2 is 1.71 bits per heavy atom. The van der Waals surface area contributed by atoms with Crippen molar-refractivity contribution in [3.63, 3.8) is 0 Å². The second kappa shape index (κ2) is 6.90. The fourth-order valence-electron chi connectivity index (χ4n) is 2.37. The van der Waals surface area contributed by atoms with Crippen LogP contribution in [0.1, 0.15) is 44.7 Å². The lowest BCUT2D eigenvalue weighted by Crippen LogP contribution is -2.32. The highest BCUT2D eigenvalue weighted by molar-refractivity contribution is 6.30. The lowest BCUT2D eigenvalue weighted by Gasteiger charge is -2.30. The zero-order chi connectivity index (χ0) is 15.4. The molecule has 1 aromatic heterocycles. The second-order valence-electron chi connectivity index (χ2n) is 5.76. The van der Waals surface area contributed by atoms with Crippen LogP contribution in [0.4, 0.5) is 5.82 Å². The molecule has 0 aliphatic rings. The topological polar surface area (TPSA) is 29.0 Å². The smallest absolute Gasteiger partial charge is 0.138 e. The van der Waals surface area contributed by atoms with Crippen molar-refractivity contribution in [1.29, 1.82) is 0 Å². The van der Waals surface area contributed by atoms with E-state index in [0.29, 0.717) is 11.2 Å². The van der Waals surface area contributed by atoms with E-state index < -0.39 is 0 Å². The molecule has 0 radical (unpaired) electrons. The van der Waals surface area contributed by atoms with Gasteiger partial charge in [0, 0.05) is 18.2 Å². The number of rotatable bonds is 5. The molecule has 4 heteroatoms. The van der Waals surface area contributed by atoms with E-state index in [1.54, 1.807) is 6.33 Å². The summed E-state index contributed by atoms with van der Waals surface area (Å²) in [4.78, 5) is 10.9. The maximum Gasteiger partial charge on any atom is 0.138 e. The molecule has 112 valence electrons. The van der Waals surface area contributed by atoms with Crippen molar-refractivity contribution < 1.29 is 0 Å². The van der Waals surface area contributed by atoms with Gasteiger partial charge in [0.15, 0.2) is 0 Å². The van der Waals surface area contributed by atoms with Gasteiger partial charge in [0.2, 0.25) is 0 Å². The van der Waals surface area contributed by atoms with Gasteiger partial charge in [0.05, 0.1) is 0 Å². The van der Waals surface area contributed by atoms with Crippen LogP contribution in [0.15, 0.2) is 36.7 Å². The van der Waals surface area contributed by atoms with Crippen LogP contribution in [0.3, 0.4) is 0 Å². The molecule has 2 aromatic rings. The van der Waals surface area contributed by atoms with Gasteiger partial charge in [-0.3, -0.25) is 0 Å². The van der Waals surface area contributed by atoms with E-state index >= 15 is 0 Å². The maximum absolute atomic E-state index is 6.30. The average molecular weight is 304 g/mol. The summed E-state index contributed by atoms with van der Waals surface area (Å²) < 4.78 is 0. The summed E-state index contributed by atoms with van der Waals surface area (Å²) in [6, 6.07) is 10.7. The molecule has 0 aliphatic heterocycles. The number of aromatic nitrogens is 2. The molecule has 0 fully saturated rings. The predicted molar refractivity (Wildman–Crippen MR) is 88.9 cm³/mol. The summed E-state index contributed by atoms with van der Waals surface area (Å²) in [5.41, 5.74) is 2.28. The zero-order valence-corrected chi connectivity index (χ0v) is 13.8. The highest BCUT2D eigenvalue weighted by atomic mass is 35.5. The van der Waals surface area contributed by atoms with Crippen molar-refractivity contribution in [1.82, 2.24) is 9.97 Å². The van der Waals surface area contributed by atoms with Crippen LogP contribution in [-0.2, 0) is 6.54 Å². The molecular weight excluding hydrogens is 282 g/mol. The minimum atomic E-state index is 0.283. The fraction of sp³-hybridized carbons (Fsp3) is 0.412. The molecule has 0 saturated carbocycles. The third-order valence-corrected chi connectivity index (χ3v) is 3.78. The average Bonchev–Trinajstić information content (AvgIpc) is 2.45. The highest BCUT2D eigenvalue weighted by Gasteiger charge is 2.21. The van der Waals surface area contributed by atoms with E-state index in [-0.39, 0.29) is 5.92 Å². The Labute approximate surface area is 132 Å². The largest absolute Gasteiger partial charge is 0.349 e. The summed E-state index contributed by atoms with van der Waals surface area (Å²) in [5.74, 6) is 1.22. The molecule has 0 N–H and O–H groups in total. The van der Waals surface area contributed by atoms with E-state index in [2.05, 4.69) is 66.8 Å². The first-order valence-electron chi connectivity index (χ1n) is 7.31. The Balaban J connectivity index is 2.42. The molecule has 0 bridgehead atoms. The van der Waals surface area contributed by atoms with Crippen LogP contribution in [0.5, 0.6) is 0 Å². The van der Waals surface area contributed by atoms with Crippen molar-refractivity contribution >= 4 is 17.4 Å². The number of hydrogen-bond donors (Lipinski definition) is 0. The first-order valence-corrected chi connectivity index (χ1v) is 7.69. The van der Waals surface area contributed by atoms with Crippen LogP contribution in [0.25, 0.3) is 0 Å². The minimum Gasteiger partial charge on any atom is -0.349 e. The van der Waals surface area contributed by atoms with Crippen LogP contribution in [0.2, 0.25) is 5.15 Å². The molecule has 21 heavy (non-hydrogen) atoms. The van der Waals surface area contributed by atoms with Crippen LogP contribution in [-0.4, -0.2) is 16.0 Å². The molecule has 0 unspecified atom stereocenters. The number of nitrogens with zero attached hydrogens (tertiary/aromatic N) is 3. The highest BCUT2D eigenvalue weighted by Crippen LogP contribution is 2.32. The Morgan fingerprint density at radius 3 is 2.29 bits per heavy atom. The van der Waals surface area contributed by atoms with Gasteiger partial charge < -0.3 is 4.90 Å². The molecule has 0 amide bonds. The summed E-state index contributed by atoms with van der Waals surface area (Å²) >= 11 is 6.30. The van der Waals surface area contributed by atoms with Crippen molar-refractivity contribution in [2.75, 3.05) is 4.90 Å². The number of anilines is 1. The summed E-state index contributed by atoms with van der Waals surface area (Å²) in [5, 5.41) is 0.550. The monoisotopic (exact) mass is 303 g/mol. The SMILES string of the molecule is CC(C)c1c(Cl)ncnc1N(Cc1ccccc1)C(C)C. The van der Waals surface area contributed by atoms with Gasteiger partial charge in [-0.1, -0.05) is 55.8 Å². The third kappa shape index (κ3) is 3.73. The second-order valence-corrected chi connectivity index (χ2v) is 6.12. The molecule has 0 saturated heterocycles. The predicted octanol–water partition coefficient (Wildman–Crippen LogP) is 4.67. The van der Waals surface area contributed by atoms with E-state index in [1.165, 1.54) is 5.56 Å². The van der Waals surface area contributed by atoms with Crippen LogP contribution < -0.4 is 4.90 Å². The minimum absolute atomic E-state index is 0.283. The van der Waals surface area contributed by atoms with E-state index in [1.807, 2.05) is 6.07 Å². The first-order chi connectivity index (χ1) is 10.0. The summed E-state index contributed by atoms with van der Waals surface area (Å²) in [6.07, 6.45) is 1.55. The van der Waals surface area contributed by atoms with Crippen LogP contribution in [0, 0.1) is 0 Å². The number of benzene rings is 1. The Hall–Kier alpha value is -1.61. The van der Waals surface area contributed by atoms with Gasteiger partial charge in [-0.05, 0) is 25.3 Å². The first kappa shape index (κ1) is 15.8. The van der Waals surface area contributed by atoms with Crippen molar-refractivity contribution in [2.24, 2.45) is 0 Å². The molecular formula is C17H22ClN3. The molecule has 3 nitrogen and oxygen atoms in total. The molecule has 0 aliphatic carbocycles. The Bertz CT molecular complexity index is 582. The molecule has 1 heterocycles. The standard InChI is InChI=1S/C17H22ClN3/c1-12(2)15-16(18)19-11-20-17(15)21(13(3)4)10-14-8-6-5-7-9-14/h5-9,11-13H,10H2,1-4H3. The molecule has 0 spiro atoms. The maximum atomic E-state index is 6.30. The normalized spacial score (nSPS) is 11.2. The van der Waals surface area contributed by atoms with Gasteiger partial charge in [-0.15, -0.1) is 0 Å². The van der Waals surface area contributed by atoms with Gasteiger partial charge in [0.1, 0.15) is 17.3 Å². The molecule has 0 atom stereocenters. The molecule has 2 rings (SSSR count).